The smallest absolute Gasteiger partial charge is 0.261 e. The second-order valence-corrected chi connectivity index (χ2v) is 7.79. The average Bonchev–Trinajstić information content (AvgIpc) is 3.35. The normalized spacial score (nSPS) is 16.8. The number of aliphatic hydroxyl groups excluding tert-OH is 1. The molecule has 1 unspecified atom stereocenters. The van der Waals surface area contributed by atoms with Gasteiger partial charge >= 0.3 is 0 Å². The molecule has 8 heteroatoms. The highest BCUT2D eigenvalue weighted by Gasteiger charge is 2.33. The molecule has 1 aliphatic heterocycles. The van der Waals surface area contributed by atoms with Gasteiger partial charge in [-0.15, -0.1) is 0 Å². The number of anilines is 1. The zero-order chi connectivity index (χ0) is 20.8. The monoisotopic (exact) mass is 404 g/mol. The first-order chi connectivity index (χ1) is 14.6. The molecule has 1 N–H and O–H groups in total. The van der Waals surface area contributed by atoms with Gasteiger partial charge in [-0.2, -0.15) is 0 Å². The summed E-state index contributed by atoms with van der Waals surface area (Å²) in [6.07, 6.45) is 3.44. The molecule has 30 heavy (non-hydrogen) atoms. The van der Waals surface area contributed by atoms with E-state index >= 15 is 0 Å². The first-order valence-corrected chi connectivity index (χ1v) is 10.2. The van der Waals surface area contributed by atoms with E-state index in [4.69, 9.17) is 4.98 Å². The van der Waals surface area contributed by atoms with Crippen molar-refractivity contribution in [3.8, 4) is 0 Å². The first kappa shape index (κ1) is 18.7. The van der Waals surface area contributed by atoms with Crippen molar-refractivity contribution in [2.24, 2.45) is 7.05 Å². The van der Waals surface area contributed by atoms with Crippen molar-refractivity contribution in [1.82, 2.24) is 24.1 Å². The Morgan fingerprint density at radius 2 is 2.03 bits per heavy atom. The standard InChI is InChI=1S/C22H24N6O2/c1-14-12-17-19(26(14)2)21(24-13-23-17)27-9-5-8-18(27)20-25-16-7-4-3-6-15(16)22(30)28(20)10-11-29/h3-4,6-7,12-13,18,29H,5,8-11H2,1-2H3. The third-order valence-electron chi connectivity index (χ3n) is 6.08. The van der Waals surface area contributed by atoms with Crippen LogP contribution in [0.15, 0.2) is 41.5 Å². The Morgan fingerprint density at radius 3 is 2.87 bits per heavy atom. The highest BCUT2D eigenvalue weighted by molar-refractivity contribution is 5.88. The molecule has 0 amide bonds. The molecule has 1 saturated heterocycles. The number of hydrogen-bond acceptors (Lipinski definition) is 6. The number of fused-ring (bicyclic) bond motifs is 2. The van der Waals surface area contributed by atoms with Crippen molar-refractivity contribution in [3.05, 3.63) is 58.5 Å². The summed E-state index contributed by atoms with van der Waals surface area (Å²) in [5.41, 5.74) is 3.58. The van der Waals surface area contributed by atoms with Crippen molar-refractivity contribution in [3.63, 3.8) is 0 Å². The van der Waals surface area contributed by atoms with Gasteiger partial charge < -0.3 is 14.6 Å². The molecule has 1 atom stereocenters. The van der Waals surface area contributed by atoms with Crippen LogP contribution in [0, 0.1) is 6.92 Å². The second kappa shape index (κ2) is 7.21. The van der Waals surface area contributed by atoms with E-state index in [1.165, 1.54) is 0 Å². The topological polar surface area (TPSA) is 89.1 Å². The molecule has 0 bridgehead atoms. The van der Waals surface area contributed by atoms with Gasteiger partial charge in [-0.25, -0.2) is 15.0 Å². The van der Waals surface area contributed by atoms with Gasteiger partial charge in [0.25, 0.3) is 5.56 Å². The lowest BCUT2D eigenvalue weighted by molar-refractivity contribution is 0.270. The summed E-state index contributed by atoms with van der Waals surface area (Å²) >= 11 is 0. The minimum absolute atomic E-state index is 0.0952. The summed E-state index contributed by atoms with van der Waals surface area (Å²) < 4.78 is 3.73. The van der Waals surface area contributed by atoms with E-state index in [0.29, 0.717) is 16.7 Å². The number of aliphatic hydroxyl groups is 1. The molecule has 0 saturated carbocycles. The van der Waals surface area contributed by atoms with Crippen LogP contribution in [0.4, 0.5) is 5.82 Å². The molecule has 5 rings (SSSR count). The van der Waals surface area contributed by atoms with Gasteiger partial charge in [0, 0.05) is 19.3 Å². The van der Waals surface area contributed by atoms with Gasteiger partial charge in [0.2, 0.25) is 0 Å². The van der Waals surface area contributed by atoms with Crippen molar-refractivity contribution in [2.45, 2.75) is 32.4 Å². The summed E-state index contributed by atoms with van der Waals surface area (Å²) in [7, 11) is 2.02. The largest absolute Gasteiger partial charge is 0.395 e. The number of rotatable bonds is 4. The molecular weight excluding hydrogens is 380 g/mol. The lowest BCUT2D eigenvalue weighted by atomic mass is 10.1. The Hall–Kier alpha value is -3.26. The number of aryl methyl sites for hydroxylation is 2. The summed E-state index contributed by atoms with van der Waals surface area (Å²) in [6.45, 7) is 2.98. The lowest BCUT2D eigenvalue weighted by Gasteiger charge is -2.28. The summed E-state index contributed by atoms with van der Waals surface area (Å²) in [5, 5.41) is 10.2. The number of para-hydroxylation sites is 1. The average molecular weight is 404 g/mol. The van der Waals surface area contributed by atoms with Gasteiger partial charge in [-0.05, 0) is 38.0 Å². The van der Waals surface area contributed by atoms with E-state index < -0.39 is 0 Å². The van der Waals surface area contributed by atoms with Gasteiger partial charge in [0.15, 0.2) is 5.82 Å². The fourth-order valence-electron chi connectivity index (χ4n) is 4.54. The molecule has 4 heterocycles. The maximum absolute atomic E-state index is 13.2. The minimum atomic E-state index is -0.117. The van der Waals surface area contributed by atoms with Crippen LogP contribution in [0.2, 0.25) is 0 Å². The molecule has 3 aromatic heterocycles. The fourth-order valence-corrected chi connectivity index (χ4v) is 4.54. The number of nitrogens with zero attached hydrogens (tertiary/aromatic N) is 6. The highest BCUT2D eigenvalue weighted by atomic mass is 16.3. The van der Waals surface area contributed by atoms with Crippen LogP contribution in [-0.2, 0) is 13.6 Å². The number of benzene rings is 1. The number of aromatic nitrogens is 5. The van der Waals surface area contributed by atoms with Gasteiger partial charge in [0.1, 0.15) is 17.7 Å². The van der Waals surface area contributed by atoms with Crippen LogP contribution >= 0.6 is 0 Å². The van der Waals surface area contributed by atoms with Gasteiger partial charge in [0.05, 0.1) is 35.6 Å². The van der Waals surface area contributed by atoms with Gasteiger partial charge in [-0.1, -0.05) is 12.1 Å². The van der Waals surface area contributed by atoms with E-state index in [2.05, 4.69) is 32.4 Å². The van der Waals surface area contributed by atoms with Crippen LogP contribution in [0.3, 0.4) is 0 Å². The molecule has 1 fully saturated rings. The SMILES string of the molecule is Cc1cc2ncnc(N3CCCC3c3nc4ccccc4c(=O)n3CCO)c2n1C. The van der Waals surface area contributed by atoms with Crippen molar-refractivity contribution < 1.29 is 5.11 Å². The van der Waals surface area contributed by atoms with Crippen molar-refractivity contribution in [2.75, 3.05) is 18.1 Å². The molecule has 1 aliphatic rings. The summed E-state index contributed by atoms with van der Waals surface area (Å²) in [4.78, 5) is 29.3. The summed E-state index contributed by atoms with van der Waals surface area (Å²) in [6, 6.07) is 9.35. The van der Waals surface area contributed by atoms with Crippen LogP contribution in [-0.4, -0.2) is 42.3 Å². The van der Waals surface area contributed by atoms with E-state index in [0.717, 1.165) is 41.9 Å². The second-order valence-electron chi connectivity index (χ2n) is 7.79. The Balaban J connectivity index is 1.71. The van der Waals surface area contributed by atoms with Crippen LogP contribution in [0.25, 0.3) is 21.9 Å². The predicted octanol–water partition coefficient (Wildman–Crippen LogP) is 2.32. The Morgan fingerprint density at radius 1 is 1.20 bits per heavy atom. The summed E-state index contributed by atoms with van der Waals surface area (Å²) in [5.74, 6) is 1.54. The minimum Gasteiger partial charge on any atom is -0.395 e. The van der Waals surface area contributed by atoms with E-state index in [9.17, 15) is 9.90 Å². The van der Waals surface area contributed by atoms with Crippen LogP contribution < -0.4 is 10.5 Å². The molecule has 8 nitrogen and oxygen atoms in total. The molecule has 0 aliphatic carbocycles. The maximum Gasteiger partial charge on any atom is 0.261 e. The quantitative estimate of drug-likeness (QED) is 0.562. The van der Waals surface area contributed by atoms with Gasteiger partial charge in [-0.3, -0.25) is 9.36 Å². The molecule has 0 spiro atoms. The Labute approximate surface area is 173 Å². The Bertz CT molecular complexity index is 1310. The third kappa shape index (κ3) is 2.79. The highest BCUT2D eigenvalue weighted by Crippen LogP contribution is 2.37. The zero-order valence-corrected chi connectivity index (χ0v) is 17.1. The third-order valence-corrected chi connectivity index (χ3v) is 6.08. The van der Waals surface area contributed by atoms with Crippen LogP contribution in [0.5, 0.6) is 0 Å². The van der Waals surface area contributed by atoms with E-state index in [1.54, 1.807) is 17.0 Å². The number of hydrogen-bond donors (Lipinski definition) is 1. The predicted molar refractivity (Wildman–Crippen MR) is 116 cm³/mol. The first-order valence-electron chi connectivity index (χ1n) is 10.2. The van der Waals surface area contributed by atoms with Crippen LogP contribution in [0.1, 0.15) is 30.4 Å². The zero-order valence-electron chi connectivity index (χ0n) is 17.1. The van der Waals surface area contributed by atoms with Crippen molar-refractivity contribution in [1.29, 1.82) is 0 Å². The van der Waals surface area contributed by atoms with E-state index in [-0.39, 0.29) is 24.8 Å². The molecular formula is C22H24N6O2. The van der Waals surface area contributed by atoms with Crippen molar-refractivity contribution >= 4 is 27.8 Å². The molecule has 1 aromatic carbocycles. The molecule has 4 aromatic rings. The Kier molecular flexibility index (Phi) is 4.51. The van der Waals surface area contributed by atoms with E-state index in [1.807, 2.05) is 25.2 Å². The molecule has 0 radical (unpaired) electrons. The fraction of sp³-hybridized carbons (Fsp3) is 0.364. The molecule has 154 valence electrons. The lowest BCUT2D eigenvalue weighted by Crippen LogP contribution is -2.33. The maximum atomic E-state index is 13.2.